The van der Waals surface area contributed by atoms with Crippen molar-refractivity contribution in [2.24, 2.45) is 5.92 Å². The summed E-state index contributed by atoms with van der Waals surface area (Å²) in [6.07, 6.45) is 20.0. The fourth-order valence-electron chi connectivity index (χ4n) is 4.53. The number of hydrogen-bond donors (Lipinski definition) is 0. The fourth-order valence-corrected chi connectivity index (χ4v) is 4.53. The van der Waals surface area contributed by atoms with E-state index in [2.05, 4.69) is 88.6 Å². The molecule has 0 N–H and O–H groups in total. The average Bonchev–Trinajstić information content (AvgIpc) is 2.84. The molecule has 0 amide bonds. The lowest BCUT2D eigenvalue weighted by atomic mass is 9.89. The lowest BCUT2D eigenvalue weighted by Crippen LogP contribution is -2.10. The van der Waals surface area contributed by atoms with E-state index in [4.69, 9.17) is 15.0 Å². The van der Waals surface area contributed by atoms with E-state index in [0.717, 1.165) is 60.5 Å². The largest absolute Gasteiger partial charge is 0.212 e. The van der Waals surface area contributed by atoms with Gasteiger partial charge in [-0.15, -0.1) is 0 Å². The van der Waals surface area contributed by atoms with Gasteiger partial charge in [0.05, 0.1) is 0 Å². The zero-order chi connectivity index (χ0) is 24.1. The van der Waals surface area contributed by atoms with Crippen molar-refractivity contribution in [2.45, 2.75) is 58.8 Å². The Balaban J connectivity index is 1.83. The monoisotopic (exact) mass is 449 g/mol. The van der Waals surface area contributed by atoms with Crippen molar-refractivity contribution < 1.29 is 0 Å². The summed E-state index contributed by atoms with van der Waals surface area (Å²) in [4.78, 5) is 14.8. The molecule has 0 aliphatic heterocycles. The van der Waals surface area contributed by atoms with Gasteiger partial charge < -0.3 is 0 Å². The molecular formula is C31H35N3. The molecule has 0 fully saturated rings. The first-order valence-electron chi connectivity index (χ1n) is 12.4. The third-order valence-electron chi connectivity index (χ3n) is 6.44. The topological polar surface area (TPSA) is 38.7 Å². The van der Waals surface area contributed by atoms with Crippen molar-refractivity contribution in [1.29, 1.82) is 0 Å². The highest BCUT2D eigenvalue weighted by Crippen LogP contribution is 2.32. The Morgan fingerprint density at radius 3 is 2.65 bits per heavy atom. The molecule has 2 aromatic rings. The van der Waals surface area contributed by atoms with Gasteiger partial charge >= 0.3 is 0 Å². The van der Waals surface area contributed by atoms with Crippen LogP contribution < -0.4 is 0 Å². The highest BCUT2D eigenvalue weighted by molar-refractivity contribution is 5.74. The van der Waals surface area contributed by atoms with E-state index in [9.17, 15) is 0 Å². The molecule has 0 saturated heterocycles. The number of rotatable bonds is 7. The lowest BCUT2D eigenvalue weighted by molar-refractivity contribution is 0.669. The van der Waals surface area contributed by atoms with Crippen LogP contribution in [0.2, 0.25) is 0 Å². The van der Waals surface area contributed by atoms with Gasteiger partial charge in [0.2, 0.25) is 0 Å². The van der Waals surface area contributed by atoms with Crippen molar-refractivity contribution in [1.82, 2.24) is 15.0 Å². The molecule has 0 saturated carbocycles. The summed E-state index contributed by atoms with van der Waals surface area (Å²) in [5, 5.41) is 0. The average molecular weight is 450 g/mol. The smallest absolute Gasteiger partial charge is 0.163 e. The van der Waals surface area contributed by atoms with Crippen LogP contribution in [0, 0.1) is 12.8 Å². The van der Waals surface area contributed by atoms with Crippen LogP contribution in [-0.2, 0) is 0 Å². The van der Waals surface area contributed by atoms with Crippen molar-refractivity contribution in [2.75, 3.05) is 0 Å². The number of aromatic nitrogens is 3. The van der Waals surface area contributed by atoms with Crippen LogP contribution in [0.15, 0.2) is 79.5 Å². The Morgan fingerprint density at radius 1 is 1.12 bits per heavy atom. The quantitative estimate of drug-likeness (QED) is 0.400. The van der Waals surface area contributed by atoms with E-state index in [1.807, 2.05) is 6.08 Å². The minimum absolute atomic E-state index is 0.166. The third-order valence-corrected chi connectivity index (χ3v) is 6.44. The van der Waals surface area contributed by atoms with Gasteiger partial charge in [-0.2, -0.15) is 0 Å². The first-order valence-corrected chi connectivity index (χ1v) is 12.4. The molecule has 2 aliphatic rings. The summed E-state index contributed by atoms with van der Waals surface area (Å²) in [6.45, 7) is 14.7. The second kappa shape index (κ2) is 10.7. The summed E-state index contributed by atoms with van der Waals surface area (Å²) >= 11 is 0. The number of allylic oxidation sites excluding steroid dienone is 10. The molecule has 2 unspecified atom stereocenters. The molecule has 0 radical (unpaired) electrons. The van der Waals surface area contributed by atoms with E-state index in [-0.39, 0.29) is 5.92 Å². The van der Waals surface area contributed by atoms with E-state index >= 15 is 0 Å². The molecule has 1 aromatic carbocycles. The van der Waals surface area contributed by atoms with Crippen LogP contribution in [0.5, 0.6) is 0 Å². The SMILES string of the molecule is C=C/C(=C\CCC)c1nc(-c2cc(C)cc(C3=CC=CC(C)C3)c2)nc(C2C=CC(=C)CC2)n1. The predicted octanol–water partition coefficient (Wildman–Crippen LogP) is 8.19. The van der Waals surface area contributed by atoms with Crippen molar-refractivity contribution >= 4 is 11.1 Å². The van der Waals surface area contributed by atoms with Crippen LogP contribution in [0.25, 0.3) is 22.5 Å². The number of unbranched alkanes of at least 4 members (excludes halogenated alkanes) is 1. The van der Waals surface area contributed by atoms with Gasteiger partial charge in [-0.05, 0) is 67.4 Å². The summed E-state index contributed by atoms with van der Waals surface area (Å²) in [5.41, 5.74) is 6.97. The lowest BCUT2D eigenvalue weighted by Gasteiger charge is -2.19. The van der Waals surface area contributed by atoms with Crippen LogP contribution in [0.4, 0.5) is 0 Å². The van der Waals surface area contributed by atoms with Crippen molar-refractivity contribution in [3.05, 3.63) is 102 Å². The molecule has 3 nitrogen and oxygen atoms in total. The zero-order valence-corrected chi connectivity index (χ0v) is 20.7. The maximum Gasteiger partial charge on any atom is 0.163 e. The highest BCUT2D eigenvalue weighted by atomic mass is 15.0. The first-order chi connectivity index (χ1) is 16.5. The highest BCUT2D eigenvalue weighted by Gasteiger charge is 2.20. The Kier molecular flexibility index (Phi) is 7.52. The second-order valence-corrected chi connectivity index (χ2v) is 9.50. The molecule has 174 valence electrons. The normalized spacial score (nSPS) is 20.4. The Morgan fingerprint density at radius 2 is 1.94 bits per heavy atom. The first kappa shape index (κ1) is 23.8. The summed E-state index contributed by atoms with van der Waals surface area (Å²) < 4.78 is 0. The van der Waals surface area contributed by atoms with Crippen LogP contribution in [0.3, 0.4) is 0 Å². The third kappa shape index (κ3) is 5.59. The molecule has 0 spiro atoms. The molecule has 1 heterocycles. The Hall–Kier alpha value is -3.33. The van der Waals surface area contributed by atoms with Crippen LogP contribution in [-0.4, -0.2) is 15.0 Å². The van der Waals surface area contributed by atoms with Crippen LogP contribution >= 0.6 is 0 Å². The molecule has 2 aliphatic carbocycles. The van der Waals surface area contributed by atoms with Crippen LogP contribution in [0.1, 0.15) is 74.6 Å². The number of hydrogen-bond acceptors (Lipinski definition) is 3. The molecule has 34 heavy (non-hydrogen) atoms. The predicted molar refractivity (Wildman–Crippen MR) is 144 cm³/mol. The number of benzene rings is 1. The standard InChI is InChI=1S/C31H35N3/c1-6-8-11-24(7-2)29-32-30(25-15-13-21(3)14-16-25)34-31(33-29)28-19-23(5)18-27(20-28)26-12-9-10-22(4)17-26/h7,9-13,15,18-20,22,25H,2-3,6,8,14,16-17H2,1,4-5H3/b24-11+. The molecule has 3 heteroatoms. The summed E-state index contributed by atoms with van der Waals surface area (Å²) in [6, 6.07) is 6.67. The summed E-state index contributed by atoms with van der Waals surface area (Å²) in [5.74, 6) is 2.97. The van der Waals surface area contributed by atoms with Gasteiger partial charge in [0, 0.05) is 17.1 Å². The maximum absolute atomic E-state index is 4.99. The molecule has 0 bridgehead atoms. The van der Waals surface area contributed by atoms with E-state index in [1.54, 1.807) is 0 Å². The zero-order valence-electron chi connectivity index (χ0n) is 20.7. The van der Waals surface area contributed by atoms with Gasteiger partial charge in [0.15, 0.2) is 11.6 Å². The minimum Gasteiger partial charge on any atom is -0.212 e. The number of aryl methyl sites for hydroxylation is 1. The van der Waals surface area contributed by atoms with Gasteiger partial charge in [-0.3, -0.25) is 0 Å². The minimum atomic E-state index is 0.166. The van der Waals surface area contributed by atoms with Gasteiger partial charge in [0.1, 0.15) is 5.82 Å². The molecular weight excluding hydrogens is 414 g/mol. The van der Waals surface area contributed by atoms with E-state index in [1.165, 1.54) is 16.7 Å². The Bertz CT molecular complexity index is 1210. The van der Waals surface area contributed by atoms with Gasteiger partial charge in [0.25, 0.3) is 0 Å². The van der Waals surface area contributed by atoms with E-state index in [0.29, 0.717) is 11.7 Å². The van der Waals surface area contributed by atoms with Gasteiger partial charge in [-0.25, -0.2) is 15.0 Å². The van der Waals surface area contributed by atoms with Gasteiger partial charge in [-0.1, -0.05) is 87.6 Å². The molecule has 2 atom stereocenters. The fraction of sp³-hybridized carbons (Fsp3) is 0.323. The summed E-state index contributed by atoms with van der Waals surface area (Å²) in [7, 11) is 0. The van der Waals surface area contributed by atoms with E-state index < -0.39 is 0 Å². The Labute approximate surface area is 204 Å². The maximum atomic E-state index is 4.99. The second-order valence-electron chi connectivity index (χ2n) is 9.50. The number of nitrogens with zero attached hydrogens (tertiary/aromatic N) is 3. The van der Waals surface area contributed by atoms with Crippen molar-refractivity contribution in [3.63, 3.8) is 0 Å². The van der Waals surface area contributed by atoms with Crippen molar-refractivity contribution in [3.8, 4) is 11.4 Å². The molecule has 4 rings (SSSR count). The molecule has 1 aromatic heterocycles.